The molecule has 3 heteroatoms. The Labute approximate surface area is 93.1 Å². The lowest BCUT2D eigenvalue weighted by Gasteiger charge is -2.03. The van der Waals surface area contributed by atoms with E-state index in [0.29, 0.717) is 0 Å². The lowest BCUT2D eigenvalue weighted by Crippen LogP contribution is -1.92. The van der Waals surface area contributed by atoms with Gasteiger partial charge in [0.2, 0.25) is 0 Å². The van der Waals surface area contributed by atoms with Crippen LogP contribution in [-0.4, -0.2) is 9.55 Å². The van der Waals surface area contributed by atoms with Gasteiger partial charge < -0.3 is 5.73 Å². The van der Waals surface area contributed by atoms with Crippen molar-refractivity contribution in [2.45, 2.75) is 0 Å². The summed E-state index contributed by atoms with van der Waals surface area (Å²) in [6, 6.07) is 15.8. The van der Waals surface area contributed by atoms with Gasteiger partial charge >= 0.3 is 0 Å². The minimum atomic E-state index is 0.755. The molecule has 0 atom stereocenters. The van der Waals surface area contributed by atoms with Gasteiger partial charge in [0, 0.05) is 11.4 Å². The van der Waals surface area contributed by atoms with Crippen LogP contribution in [0.1, 0.15) is 0 Å². The summed E-state index contributed by atoms with van der Waals surface area (Å²) < 4.78 is 2.03. The fraction of sp³-hybridized carbons (Fsp3) is 0. The molecule has 0 fully saturated rings. The lowest BCUT2D eigenvalue weighted by molar-refractivity contribution is 1.09. The van der Waals surface area contributed by atoms with Crippen molar-refractivity contribution in [3.63, 3.8) is 0 Å². The standard InChI is InChI=1S/C13H11N3/c14-10-6-7-12-13(8-10)16(9-15-12)11-4-2-1-3-5-11/h1-9H,14H2. The third kappa shape index (κ3) is 1.34. The summed E-state index contributed by atoms with van der Waals surface area (Å²) in [6.45, 7) is 0. The smallest absolute Gasteiger partial charge is 0.100 e. The molecule has 2 N–H and O–H groups in total. The zero-order chi connectivity index (χ0) is 11.0. The Kier molecular flexibility index (Phi) is 1.90. The van der Waals surface area contributed by atoms with Crippen LogP contribution in [0.5, 0.6) is 0 Å². The molecule has 0 aliphatic carbocycles. The summed E-state index contributed by atoms with van der Waals surface area (Å²) >= 11 is 0. The summed E-state index contributed by atoms with van der Waals surface area (Å²) in [6.07, 6.45) is 1.82. The minimum absolute atomic E-state index is 0.755. The molecule has 0 radical (unpaired) electrons. The van der Waals surface area contributed by atoms with Gasteiger partial charge in [-0.25, -0.2) is 4.98 Å². The summed E-state index contributed by atoms with van der Waals surface area (Å²) in [5.41, 5.74) is 9.63. The Balaban J connectivity index is 2.29. The monoisotopic (exact) mass is 209 g/mol. The molecule has 16 heavy (non-hydrogen) atoms. The van der Waals surface area contributed by atoms with E-state index in [1.165, 1.54) is 0 Å². The molecule has 78 valence electrons. The Morgan fingerprint density at radius 1 is 1.00 bits per heavy atom. The van der Waals surface area contributed by atoms with E-state index in [4.69, 9.17) is 5.73 Å². The van der Waals surface area contributed by atoms with Crippen LogP contribution in [-0.2, 0) is 0 Å². The van der Waals surface area contributed by atoms with Gasteiger partial charge in [-0.1, -0.05) is 18.2 Å². The molecule has 0 bridgehead atoms. The van der Waals surface area contributed by atoms with E-state index in [9.17, 15) is 0 Å². The van der Waals surface area contributed by atoms with Gasteiger partial charge in [-0.05, 0) is 30.3 Å². The van der Waals surface area contributed by atoms with Crippen molar-refractivity contribution < 1.29 is 0 Å². The minimum Gasteiger partial charge on any atom is -0.399 e. The molecule has 3 rings (SSSR count). The highest BCUT2D eigenvalue weighted by molar-refractivity contribution is 5.80. The molecule has 3 aromatic rings. The third-order valence-electron chi connectivity index (χ3n) is 2.61. The number of fused-ring (bicyclic) bond motifs is 1. The molecule has 3 nitrogen and oxygen atoms in total. The van der Waals surface area contributed by atoms with Crippen LogP contribution < -0.4 is 5.73 Å². The Morgan fingerprint density at radius 2 is 1.81 bits per heavy atom. The predicted octanol–water partition coefficient (Wildman–Crippen LogP) is 2.61. The van der Waals surface area contributed by atoms with Crippen LogP contribution in [0.2, 0.25) is 0 Å². The van der Waals surface area contributed by atoms with Crippen molar-refractivity contribution in [1.29, 1.82) is 0 Å². The normalized spacial score (nSPS) is 10.8. The van der Waals surface area contributed by atoms with Gasteiger partial charge in [-0.3, -0.25) is 4.57 Å². The predicted molar refractivity (Wildman–Crippen MR) is 65.5 cm³/mol. The second-order valence-electron chi connectivity index (χ2n) is 3.70. The Bertz CT molecular complexity index is 626. The van der Waals surface area contributed by atoms with Gasteiger partial charge in [-0.15, -0.1) is 0 Å². The van der Waals surface area contributed by atoms with Gasteiger partial charge in [0.25, 0.3) is 0 Å². The SMILES string of the molecule is Nc1ccc2ncn(-c3ccccc3)c2c1. The Hall–Kier alpha value is -2.29. The fourth-order valence-electron chi connectivity index (χ4n) is 1.82. The van der Waals surface area contributed by atoms with Crippen LogP contribution in [0.25, 0.3) is 16.7 Å². The largest absolute Gasteiger partial charge is 0.399 e. The number of nitrogen functional groups attached to an aromatic ring is 1. The molecule has 1 aromatic heterocycles. The van der Waals surface area contributed by atoms with E-state index in [1.54, 1.807) is 0 Å². The molecule has 0 saturated carbocycles. The topological polar surface area (TPSA) is 43.8 Å². The van der Waals surface area contributed by atoms with Crippen LogP contribution in [0.15, 0.2) is 54.9 Å². The van der Waals surface area contributed by atoms with E-state index >= 15 is 0 Å². The van der Waals surface area contributed by atoms with Crippen molar-refractivity contribution in [2.75, 3.05) is 5.73 Å². The first kappa shape index (κ1) is 8.97. The number of anilines is 1. The summed E-state index contributed by atoms with van der Waals surface area (Å²) in [4.78, 5) is 4.34. The number of nitrogens with zero attached hydrogens (tertiary/aromatic N) is 2. The van der Waals surface area contributed by atoms with Crippen molar-refractivity contribution in [3.05, 3.63) is 54.9 Å². The van der Waals surface area contributed by atoms with E-state index in [0.717, 1.165) is 22.4 Å². The van der Waals surface area contributed by atoms with Gasteiger partial charge in [0.15, 0.2) is 0 Å². The van der Waals surface area contributed by atoms with Crippen molar-refractivity contribution in [2.24, 2.45) is 0 Å². The first-order valence-corrected chi connectivity index (χ1v) is 5.12. The summed E-state index contributed by atoms with van der Waals surface area (Å²) in [5, 5.41) is 0. The van der Waals surface area contributed by atoms with E-state index in [2.05, 4.69) is 4.98 Å². The lowest BCUT2D eigenvalue weighted by atomic mass is 10.2. The Morgan fingerprint density at radius 3 is 2.62 bits per heavy atom. The van der Waals surface area contributed by atoms with Gasteiger partial charge in [0.1, 0.15) is 6.33 Å². The molecule has 0 amide bonds. The van der Waals surface area contributed by atoms with Gasteiger partial charge in [-0.2, -0.15) is 0 Å². The van der Waals surface area contributed by atoms with E-state index in [-0.39, 0.29) is 0 Å². The highest BCUT2D eigenvalue weighted by atomic mass is 15.0. The number of hydrogen-bond acceptors (Lipinski definition) is 2. The second-order valence-corrected chi connectivity index (χ2v) is 3.70. The van der Waals surface area contributed by atoms with Crippen molar-refractivity contribution >= 4 is 16.7 Å². The molecule has 0 saturated heterocycles. The van der Waals surface area contributed by atoms with Gasteiger partial charge in [0.05, 0.1) is 11.0 Å². The van der Waals surface area contributed by atoms with Crippen LogP contribution >= 0.6 is 0 Å². The maximum atomic E-state index is 5.79. The average Bonchev–Trinajstić information content (AvgIpc) is 2.73. The molecule has 0 unspecified atom stereocenters. The number of rotatable bonds is 1. The number of para-hydroxylation sites is 1. The highest BCUT2D eigenvalue weighted by Crippen LogP contribution is 2.19. The number of hydrogen-bond donors (Lipinski definition) is 1. The first-order valence-electron chi connectivity index (χ1n) is 5.12. The number of aromatic nitrogens is 2. The number of nitrogens with two attached hydrogens (primary N) is 1. The molecule has 0 aliphatic heterocycles. The molecular formula is C13H11N3. The van der Waals surface area contributed by atoms with E-state index < -0.39 is 0 Å². The number of imidazole rings is 1. The zero-order valence-electron chi connectivity index (χ0n) is 8.67. The highest BCUT2D eigenvalue weighted by Gasteiger charge is 2.03. The fourth-order valence-corrected chi connectivity index (χ4v) is 1.82. The summed E-state index contributed by atoms with van der Waals surface area (Å²) in [5.74, 6) is 0. The quantitative estimate of drug-likeness (QED) is 0.626. The molecule has 1 heterocycles. The molecular weight excluding hydrogens is 198 g/mol. The van der Waals surface area contributed by atoms with Crippen LogP contribution in [0.4, 0.5) is 5.69 Å². The summed E-state index contributed by atoms with van der Waals surface area (Å²) in [7, 11) is 0. The van der Waals surface area contributed by atoms with Crippen LogP contribution in [0, 0.1) is 0 Å². The first-order chi connectivity index (χ1) is 7.84. The van der Waals surface area contributed by atoms with E-state index in [1.807, 2.05) is 59.4 Å². The van der Waals surface area contributed by atoms with Crippen molar-refractivity contribution in [1.82, 2.24) is 9.55 Å². The second kappa shape index (κ2) is 3.38. The third-order valence-corrected chi connectivity index (χ3v) is 2.61. The number of benzene rings is 2. The van der Waals surface area contributed by atoms with Crippen LogP contribution in [0.3, 0.4) is 0 Å². The zero-order valence-corrected chi connectivity index (χ0v) is 8.67. The maximum Gasteiger partial charge on any atom is 0.100 e. The maximum absolute atomic E-state index is 5.79. The van der Waals surface area contributed by atoms with Crippen molar-refractivity contribution in [3.8, 4) is 5.69 Å². The average molecular weight is 209 g/mol. The molecule has 0 aliphatic rings. The molecule has 0 spiro atoms. The molecule has 2 aromatic carbocycles.